The maximum absolute atomic E-state index is 4.18. The van der Waals surface area contributed by atoms with Crippen molar-refractivity contribution in [1.82, 2.24) is 14.9 Å². The smallest absolute Gasteiger partial charge is 0.0948 e. The summed E-state index contributed by atoms with van der Waals surface area (Å²) in [6, 6.07) is 0. The summed E-state index contributed by atoms with van der Waals surface area (Å²) in [7, 11) is 0. The monoisotopic (exact) mass is 209 g/mol. The number of hydrogen-bond acceptors (Lipinski definition) is 2. The molecule has 15 heavy (non-hydrogen) atoms. The second-order valence-electron chi connectivity index (χ2n) is 3.96. The summed E-state index contributed by atoms with van der Waals surface area (Å²) < 4.78 is 2.23. The highest BCUT2D eigenvalue weighted by Crippen LogP contribution is 2.00. The first kappa shape index (κ1) is 12.2. The number of nitrogens with zero attached hydrogens (tertiary/aromatic N) is 2. The van der Waals surface area contributed by atoms with Crippen LogP contribution in [0, 0.1) is 0 Å². The average Bonchev–Trinajstić information content (AvgIpc) is 2.66. The fraction of sp³-hybridized carbons (Fsp3) is 0.750. The lowest BCUT2D eigenvalue weighted by molar-refractivity contribution is 0.577. The van der Waals surface area contributed by atoms with Gasteiger partial charge in [0, 0.05) is 19.3 Å². The van der Waals surface area contributed by atoms with Gasteiger partial charge in [-0.2, -0.15) is 0 Å². The molecule has 3 nitrogen and oxygen atoms in total. The van der Waals surface area contributed by atoms with Crippen LogP contribution in [0.1, 0.15) is 45.2 Å². The number of hydrogen-bond donors (Lipinski definition) is 1. The van der Waals surface area contributed by atoms with Gasteiger partial charge in [0.25, 0.3) is 0 Å². The number of unbranched alkanes of at least 4 members (excludes halogenated alkanes) is 2. The molecule has 0 amide bonds. The van der Waals surface area contributed by atoms with E-state index < -0.39 is 0 Å². The van der Waals surface area contributed by atoms with Gasteiger partial charge in [0.2, 0.25) is 0 Å². The topological polar surface area (TPSA) is 29.9 Å². The number of imidazole rings is 1. The van der Waals surface area contributed by atoms with Gasteiger partial charge in [0.15, 0.2) is 0 Å². The summed E-state index contributed by atoms with van der Waals surface area (Å²) in [6.45, 7) is 7.57. The van der Waals surface area contributed by atoms with Gasteiger partial charge in [-0.15, -0.1) is 0 Å². The third kappa shape index (κ3) is 4.47. The fourth-order valence-electron chi connectivity index (χ4n) is 1.65. The maximum atomic E-state index is 4.18. The Kier molecular flexibility index (Phi) is 6.09. The predicted molar refractivity (Wildman–Crippen MR) is 63.7 cm³/mol. The quantitative estimate of drug-likeness (QED) is 0.667. The summed E-state index contributed by atoms with van der Waals surface area (Å²) in [4.78, 5) is 4.18. The standard InChI is InChI=1S/C12H23N3/c1-3-5-6-7-13-9-12-10-14-11-15(12)8-4-2/h10-11,13H,3-9H2,1-2H3. The summed E-state index contributed by atoms with van der Waals surface area (Å²) in [6.07, 6.45) is 8.93. The summed E-state index contributed by atoms with van der Waals surface area (Å²) in [5, 5.41) is 3.46. The molecule has 0 fully saturated rings. The van der Waals surface area contributed by atoms with Crippen LogP contribution in [0.4, 0.5) is 0 Å². The Labute approximate surface area is 92.9 Å². The van der Waals surface area contributed by atoms with Gasteiger partial charge in [0.05, 0.1) is 12.0 Å². The van der Waals surface area contributed by atoms with Crippen LogP contribution in [-0.2, 0) is 13.1 Å². The molecule has 86 valence electrons. The van der Waals surface area contributed by atoms with E-state index in [1.165, 1.54) is 31.4 Å². The lowest BCUT2D eigenvalue weighted by Gasteiger charge is -2.07. The highest BCUT2D eigenvalue weighted by atomic mass is 15.1. The molecule has 0 saturated heterocycles. The first-order valence-electron chi connectivity index (χ1n) is 6.08. The molecule has 3 heteroatoms. The van der Waals surface area contributed by atoms with Crippen molar-refractivity contribution in [3.63, 3.8) is 0 Å². The molecule has 0 radical (unpaired) electrons. The highest BCUT2D eigenvalue weighted by molar-refractivity contribution is 4.97. The van der Waals surface area contributed by atoms with E-state index in [9.17, 15) is 0 Å². The third-order valence-electron chi connectivity index (χ3n) is 2.53. The van der Waals surface area contributed by atoms with Gasteiger partial charge < -0.3 is 9.88 Å². The van der Waals surface area contributed by atoms with Crippen LogP contribution in [-0.4, -0.2) is 16.1 Å². The Bertz CT molecular complexity index is 255. The van der Waals surface area contributed by atoms with Crippen LogP contribution < -0.4 is 5.32 Å². The van der Waals surface area contributed by atoms with Gasteiger partial charge in [-0.05, 0) is 19.4 Å². The number of nitrogens with one attached hydrogen (secondary N) is 1. The van der Waals surface area contributed by atoms with Crippen LogP contribution >= 0.6 is 0 Å². The van der Waals surface area contributed by atoms with Crippen molar-refractivity contribution in [2.45, 2.75) is 52.6 Å². The number of rotatable bonds is 8. The zero-order valence-electron chi connectivity index (χ0n) is 10.00. The number of aromatic nitrogens is 2. The second-order valence-corrected chi connectivity index (χ2v) is 3.96. The van der Waals surface area contributed by atoms with E-state index in [1.54, 1.807) is 0 Å². The molecule has 0 saturated carbocycles. The van der Waals surface area contributed by atoms with Crippen LogP contribution in [0.25, 0.3) is 0 Å². The van der Waals surface area contributed by atoms with Crippen molar-refractivity contribution in [3.05, 3.63) is 18.2 Å². The maximum Gasteiger partial charge on any atom is 0.0948 e. The molecule has 0 bridgehead atoms. The molecule has 0 aromatic carbocycles. The SMILES string of the molecule is CCCCCNCc1cncn1CCC. The van der Waals surface area contributed by atoms with Crippen LogP contribution in [0.2, 0.25) is 0 Å². The van der Waals surface area contributed by atoms with Crippen LogP contribution in [0.3, 0.4) is 0 Å². The third-order valence-corrected chi connectivity index (χ3v) is 2.53. The molecule has 0 unspecified atom stereocenters. The summed E-state index contributed by atoms with van der Waals surface area (Å²) in [5.41, 5.74) is 1.30. The molecule has 1 aromatic heterocycles. The summed E-state index contributed by atoms with van der Waals surface area (Å²) >= 11 is 0. The van der Waals surface area contributed by atoms with E-state index >= 15 is 0 Å². The van der Waals surface area contributed by atoms with Crippen molar-refractivity contribution in [2.75, 3.05) is 6.54 Å². The minimum absolute atomic E-state index is 0.948. The van der Waals surface area contributed by atoms with Crippen molar-refractivity contribution in [1.29, 1.82) is 0 Å². The lowest BCUT2D eigenvalue weighted by atomic mass is 10.2. The van der Waals surface area contributed by atoms with Gasteiger partial charge in [-0.25, -0.2) is 4.98 Å². The average molecular weight is 209 g/mol. The van der Waals surface area contributed by atoms with Crippen molar-refractivity contribution >= 4 is 0 Å². The van der Waals surface area contributed by atoms with E-state index in [0.717, 1.165) is 19.6 Å². The predicted octanol–water partition coefficient (Wildman–Crippen LogP) is 2.57. The van der Waals surface area contributed by atoms with E-state index in [1.807, 2.05) is 12.5 Å². The minimum Gasteiger partial charge on any atom is -0.333 e. The Balaban J connectivity index is 2.21. The largest absolute Gasteiger partial charge is 0.333 e. The van der Waals surface area contributed by atoms with Crippen molar-refractivity contribution < 1.29 is 0 Å². The van der Waals surface area contributed by atoms with E-state index in [-0.39, 0.29) is 0 Å². The zero-order chi connectivity index (χ0) is 10.9. The van der Waals surface area contributed by atoms with Gasteiger partial charge in [-0.3, -0.25) is 0 Å². The fourth-order valence-corrected chi connectivity index (χ4v) is 1.65. The second kappa shape index (κ2) is 7.46. The Morgan fingerprint density at radius 3 is 2.87 bits per heavy atom. The van der Waals surface area contributed by atoms with Crippen LogP contribution in [0.5, 0.6) is 0 Å². The molecule has 0 spiro atoms. The summed E-state index contributed by atoms with van der Waals surface area (Å²) in [5.74, 6) is 0. The zero-order valence-corrected chi connectivity index (χ0v) is 10.00. The van der Waals surface area contributed by atoms with Crippen molar-refractivity contribution in [2.24, 2.45) is 0 Å². The molecule has 1 rings (SSSR count). The molecule has 1 heterocycles. The highest BCUT2D eigenvalue weighted by Gasteiger charge is 1.99. The van der Waals surface area contributed by atoms with E-state index in [2.05, 4.69) is 28.7 Å². The normalized spacial score (nSPS) is 10.8. The first-order valence-corrected chi connectivity index (χ1v) is 6.08. The van der Waals surface area contributed by atoms with Crippen LogP contribution in [0.15, 0.2) is 12.5 Å². The Morgan fingerprint density at radius 1 is 1.27 bits per heavy atom. The van der Waals surface area contributed by atoms with Gasteiger partial charge >= 0.3 is 0 Å². The number of aryl methyl sites for hydroxylation is 1. The van der Waals surface area contributed by atoms with Gasteiger partial charge in [-0.1, -0.05) is 26.7 Å². The molecule has 1 aromatic rings. The molecular formula is C12H23N3. The van der Waals surface area contributed by atoms with Gasteiger partial charge in [0.1, 0.15) is 0 Å². The van der Waals surface area contributed by atoms with Crippen molar-refractivity contribution in [3.8, 4) is 0 Å². The minimum atomic E-state index is 0.948. The molecule has 1 N–H and O–H groups in total. The molecule has 0 aliphatic carbocycles. The molecule has 0 aliphatic heterocycles. The molecule has 0 aliphatic rings. The Morgan fingerprint density at radius 2 is 2.13 bits per heavy atom. The molecule has 0 atom stereocenters. The Hall–Kier alpha value is -0.830. The van der Waals surface area contributed by atoms with E-state index in [0.29, 0.717) is 0 Å². The lowest BCUT2D eigenvalue weighted by Crippen LogP contribution is -2.17. The first-order chi connectivity index (χ1) is 7.38. The molecular weight excluding hydrogens is 186 g/mol. The van der Waals surface area contributed by atoms with E-state index in [4.69, 9.17) is 0 Å².